The Morgan fingerprint density at radius 3 is 3.05 bits per heavy atom. The molecule has 5 nitrogen and oxygen atoms in total. The number of ether oxygens (including phenoxy) is 2. The minimum atomic E-state index is -0.232. The lowest BCUT2D eigenvalue weighted by atomic mass is 10.2. The van der Waals surface area contributed by atoms with Crippen molar-refractivity contribution in [2.75, 3.05) is 36.9 Å². The summed E-state index contributed by atoms with van der Waals surface area (Å²) in [6.45, 7) is 5.86. The number of carbonyl (C=O) groups excluding carboxylic acids is 1. The van der Waals surface area contributed by atoms with Crippen LogP contribution < -0.4 is 15.4 Å². The van der Waals surface area contributed by atoms with Crippen LogP contribution in [0.15, 0.2) is 18.2 Å². The minimum Gasteiger partial charge on any atom is -0.489 e. The monoisotopic (exact) mass is 264 g/mol. The van der Waals surface area contributed by atoms with Gasteiger partial charge in [0.05, 0.1) is 18.8 Å². The van der Waals surface area contributed by atoms with Crippen molar-refractivity contribution in [1.29, 1.82) is 0 Å². The van der Waals surface area contributed by atoms with Gasteiger partial charge in [-0.15, -0.1) is 0 Å². The van der Waals surface area contributed by atoms with E-state index in [0.29, 0.717) is 31.4 Å². The Kier molecular flexibility index (Phi) is 4.14. The molecule has 0 saturated carbocycles. The molecule has 0 atom stereocenters. The molecule has 0 aromatic heterocycles. The minimum absolute atomic E-state index is 0.206. The fourth-order valence-corrected chi connectivity index (χ4v) is 1.99. The fourth-order valence-electron chi connectivity index (χ4n) is 1.99. The molecule has 5 heteroatoms. The van der Waals surface area contributed by atoms with E-state index in [1.807, 2.05) is 30.9 Å². The summed E-state index contributed by atoms with van der Waals surface area (Å²) in [5, 5.41) is 0. The van der Waals surface area contributed by atoms with E-state index in [-0.39, 0.29) is 12.5 Å². The van der Waals surface area contributed by atoms with E-state index < -0.39 is 0 Å². The number of esters is 1. The molecule has 1 aliphatic heterocycles. The summed E-state index contributed by atoms with van der Waals surface area (Å²) in [6.07, 6.45) is 0. The number of benzene rings is 1. The molecular weight excluding hydrogens is 244 g/mol. The first kappa shape index (κ1) is 13.5. The van der Waals surface area contributed by atoms with E-state index in [2.05, 4.69) is 0 Å². The van der Waals surface area contributed by atoms with Crippen molar-refractivity contribution >= 4 is 17.3 Å². The van der Waals surface area contributed by atoms with E-state index in [1.165, 1.54) is 0 Å². The van der Waals surface area contributed by atoms with Crippen LogP contribution >= 0.6 is 0 Å². The van der Waals surface area contributed by atoms with Crippen molar-refractivity contribution in [1.82, 2.24) is 0 Å². The molecule has 0 unspecified atom stereocenters. The molecule has 0 amide bonds. The topological polar surface area (TPSA) is 64.8 Å². The molecule has 0 saturated heterocycles. The molecule has 1 aliphatic rings. The summed E-state index contributed by atoms with van der Waals surface area (Å²) in [6, 6.07) is 5.51. The van der Waals surface area contributed by atoms with E-state index in [9.17, 15) is 4.79 Å². The van der Waals surface area contributed by atoms with Crippen LogP contribution in [0.2, 0.25) is 0 Å². The van der Waals surface area contributed by atoms with Gasteiger partial charge in [-0.25, -0.2) is 0 Å². The van der Waals surface area contributed by atoms with E-state index >= 15 is 0 Å². The van der Waals surface area contributed by atoms with Crippen molar-refractivity contribution in [3.8, 4) is 5.75 Å². The molecule has 2 N–H and O–H groups in total. The van der Waals surface area contributed by atoms with Gasteiger partial charge >= 0.3 is 5.97 Å². The van der Waals surface area contributed by atoms with Gasteiger partial charge in [-0.3, -0.25) is 4.79 Å². The Balaban J connectivity index is 2.05. The molecule has 1 aromatic rings. The van der Waals surface area contributed by atoms with Crippen LogP contribution in [0.1, 0.15) is 13.8 Å². The maximum atomic E-state index is 11.8. The average Bonchev–Trinajstić information content (AvgIpc) is 2.37. The van der Waals surface area contributed by atoms with Gasteiger partial charge in [-0.1, -0.05) is 19.9 Å². The fraction of sp³-hybridized carbons (Fsp3) is 0.500. The SMILES string of the molecule is CC(C)COC(=O)CN1CCOc2cccc(N)c21. The second-order valence-electron chi connectivity index (χ2n) is 5.04. The van der Waals surface area contributed by atoms with Crippen molar-refractivity contribution in [2.45, 2.75) is 13.8 Å². The Hall–Kier alpha value is -1.91. The van der Waals surface area contributed by atoms with Gasteiger partial charge in [0.1, 0.15) is 24.6 Å². The van der Waals surface area contributed by atoms with Gasteiger partial charge in [0.25, 0.3) is 0 Å². The number of rotatable bonds is 4. The Labute approximate surface area is 113 Å². The first-order valence-corrected chi connectivity index (χ1v) is 6.49. The molecule has 2 rings (SSSR count). The maximum absolute atomic E-state index is 11.8. The zero-order valence-electron chi connectivity index (χ0n) is 11.4. The zero-order valence-corrected chi connectivity index (χ0v) is 11.4. The summed E-state index contributed by atoms with van der Waals surface area (Å²) in [5.41, 5.74) is 7.36. The highest BCUT2D eigenvalue weighted by Gasteiger charge is 2.22. The number of nitrogens with zero attached hydrogens (tertiary/aromatic N) is 1. The summed E-state index contributed by atoms with van der Waals surface area (Å²) >= 11 is 0. The van der Waals surface area contributed by atoms with Crippen molar-refractivity contribution < 1.29 is 14.3 Å². The zero-order chi connectivity index (χ0) is 13.8. The second kappa shape index (κ2) is 5.82. The highest BCUT2D eigenvalue weighted by molar-refractivity contribution is 5.82. The molecule has 104 valence electrons. The first-order valence-electron chi connectivity index (χ1n) is 6.49. The smallest absolute Gasteiger partial charge is 0.325 e. The van der Waals surface area contributed by atoms with Gasteiger partial charge in [0.15, 0.2) is 0 Å². The highest BCUT2D eigenvalue weighted by atomic mass is 16.5. The maximum Gasteiger partial charge on any atom is 0.325 e. The largest absolute Gasteiger partial charge is 0.489 e. The van der Waals surface area contributed by atoms with Crippen LogP contribution in [-0.2, 0) is 9.53 Å². The van der Waals surface area contributed by atoms with Crippen LogP contribution in [0.5, 0.6) is 5.75 Å². The lowest BCUT2D eigenvalue weighted by molar-refractivity contribution is -0.143. The highest BCUT2D eigenvalue weighted by Crippen LogP contribution is 2.36. The van der Waals surface area contributed by atoms with Crippen LogP contribution in [0, 0.1) is 5.92 Å². The normalized spacial score (nSPS) is 13.9. The average molecular weight is 264 g/mol. The molecule has 0 bridgehead atoms. The number of para-hydroxylation sites is 1. The van der Waals surface area contributed by atoms with Crippen LogP contribution in [0.3, 0.4) is 0 Å². The van der Waals surface area contributed by atoms with E-state index in [1.54, 1.807) is 6.07 Å². The molecule has 1 aromatic carbocycles. The lowest BCUT2D eigenvalue weighted by Crippen LogP contribution is -2.38. The third-order valence-corrected chi connectivity index (χ3v) is 2.86. The lowest BCUT2D eigenvalue weighted by Gasteiger charge is -2.31. The van der Waals surface area contributed by atoms with Crippen molar-refractivity contribution in [3.63, 3.8) is 0 Å². The summed E-state index contributed by atoms with van der Waals surface area (Å²) in [7, 11) is 0. The van der Waals surface area contributed by atoms with Gasteiger partial charge in [-0.2, -0.15) is 0 Å². The van der Waals surface area contributed by atoms with Crippen LogP contribution in [-0.4, -0.2) is 32.3 Å². The molecule has 0 fully saturated rings. The quantitative estimate of drug-likeness (QED) is 0.662. The summed E-state index contributed by atoms with van der Waals surface area (Å²) in [4.78, 5) is 13.7. The van der Waals surface area contributed by atoms with E-state index in [4.69, 9.17) is 15.2 Å². The number of fused-ring (bicyclic) bond motifs is 1. The molecule has 0 radical (unpaired) electrons. The Morgan fingerprint density at radius 2 is 2.32 bits per heavy atom. The number of hydrogen-bond donors (Lipinski definition) is 1. The van der Waals surface area contributed by atoms with Gasteiger partial charge < -0.3 is 20.1 Å². The van der Waals surface area contributed by atoms with E-state index in [0.717, 1.165) is 11.4 Å². The number of nitrogens with two attached hydrogens (primary N) is 1. The standard InChI is InChI=1S/C14H20N2O3/c1-10(2)9-19-13(17)8-16-6-7-18-12-5-3-4-11(15)14(12)16/h3-5,10H,6-9,15H2,1-2H3. The summed E-state index contributed by atoms with van der Waals surface area (Å²) < 4.78 is 10.7. The van der Waals surface area contributed by atoms with Crippen molar-refractivity contribution in [2.24, 2.45) is 5.92 Å². The van der Waals surface area contributed by atoms with Gasteiger partial charge in [0.2, 0.25) is 0 Å². The number of hydrogen-bond acceptors (Lipinski definition) is 5. The molecular formula is C14H20N2O3. The Morgan fingerprint density at radius 1 is 1.53 bits per heavy atom. The summed E-state index contributed by atoms with van der Waals surface area (Å²) in [5.74, 6) is 0.832. The molecule has 0 aliphatic carbocycles. The third-order valence-electron chi connectivity index (χ3n) is 2.86. The first-order chi connectivity index (χ1) is 9.08. The van der Waals surface area contributed by atoms with Crippen LogP contribution in [0.4, 0.5) is 11.4 Å². The number of nitrogen functional groups attached to an aromatic ring is 1. The number of carbonyl (C=O) groups is 1. The second-order valence-corrected chi connectivity index (χ2v) is 5.04. The van der Waals surface area contributed by atoms with Gasteiger partial charge in [-0.05, 0) is 18.1 Å². The van der Waals surface area contributed by atoms with Gasteiger partial charge in [0, 0.05) is 0 Å². The molecule has 0 spiro atoms. The molecule has 1 heterocycles. The number of anilines is 2. The molecule has 19 heavy (non-hydrogen) atoms. The third kappa shape index (κ3) is 3.30. The predicted molar refractivity (Wildman–Crippen MR) is 74.4 cm³/mol. The van der Waals surface area contributed by atoms with Crippen molar-refractivity contribution in [3.05, 3.63) is 18.2 Å². The van der Waals surface area contributed by atoms with Crippen LogP contribution in [0.25, 0.3) is 0 Å². The Bertz CT molecular complexity index is 460. The predicted octanol–water partition coefficient (Wildman–Crippen LogP) is 1.67.